The van der Waals surface area contributed by atoms with E-state index in [2.05, 4.69) is 6.07 Å². The lowest BCUT2D eigenvalue weighted by Gasteiger charge is -2.12. The predicted molar refractivity (Wildman–Crippen MR) is 72.3 cm³/mol. The molecule has 0 fully saturated rings. The van der Waals surface area contributed by atoms with E-state index in [-0.39, 0.29) is 0 Å². The van der Waals surface area contributed by atoms with E-state index in [1.807, 2.05) is 37.3 Å². The number of rotatable bonds is 2. The molecule has 0 atom stereocenters. The van der Waals surface area contributed by atoms with Crippen molar-refractivity contribution in [2.45, 2.75) is 6.92 Å². The van der Waals surface area contributed by atoms with E-state index in [1.54, 1.807) is 13.2 Å². The lowest BCUT2D eigenvalue weighted by atomic mass is 9.97. The number of hydrogen-bond acceptors (Lipinski definition) is 3. The van der Waals surface area contributed by atoms with E-state index in [1.165, 1.54) is 0 Å². The summed E-state index contributed by atoms with van der Waals surface area (Å²) in [7, 11) is 1.62. The maximum Gasteiger partial charge on any atom is 0.126 e. The molecule has 3 heteroatoms. The van der Waals surface area contributed by atoms with Crippen LogP contribution in [0.25, 0.3) is 11.1 Å². The van der Waals surface area contributed by atoms with E-state index in [0.29, 0.717) is 5.56 Å². The van der Waals surface area contributed by atoms with Gasteiger partial charge in [0.25, 0.3) is 0 Å². The fourth-order valence-electron chi connectivity index (χ4n) is 1.98. The van der Waals surface area contributed by atoms with Gasteiger partial charge in [0.05, 0.1) is 18.7 Å². The van der Waals surface area contributed by atoms with Gasteiger partial charge in [0.15, 0.2) is 0 Å². The van der Waals surface area contributed by atoms with Gasteiger partial charge in [0.2, 0.25) is 0 Å². The van der Waals surface area contributed by atoms with Crippen LogP contribution in [-0.4, -0.2) is 7.11 Å². The molecule has 0 radical (unpaired) electrons. The Kier molecular flexibility index (Phi) is 3.20. The normalized spacial score (nSPS) is 9.83. The zero-order chi connectivity index (χ0) is 13.1. The van der Waals surface area contributed by atoms with Crippen LogP contribution in [0.1, 0.15) is 11.1 Å². The summed E-state index contributed by atoms with van der Waals surface area (Å²) in [6.45, 7) is 1.99. The van der Waals surface area contributed by atoms with Gasteiger partial charge in [0.1, 0.15) is 5.75 Å². The van der Waals surface area contributed by atoms with Crippen molar-refractivity contribution in [1.29, 1.82) is 5.26 Å². The molecule has 90 valence electrons. The second-order valence-electron chi connectivity index (χ2n) is 4.10. The van der Waals surface area contributed by atoms with E-state index in [0.717, 1.165) is 28.1 Å². The second-order valence-corrected chi connectivity index (χ2v) is 4.10. The Morgan fingerprint density at radius 1 is 1.11 bits per heavy atom. The summed E-state index contributed by atoms with van der Waals surface area (Å²) in [5, 5.41) is 8.98. The SMILES string of the molecule is COc1ccc(C#N)cc1-c1ccc(N)cc1C. The van der Waals surface area contributed by atoms with Crippen LogP contribution in [0.3, 0.4) is 0 Å². The average Bonchev–Trinajstić information content (AvgIpc) is 2.38. The Labute approximate surface area is 106 Å². The highest BCUT2D eigenvalue weighted by Crippen LogP contribution is 2.33. The summed E-state index contributed by atoms with van der Waals surface area (Å²) < 4.78 is 5.34. The summed E-state index contributed by atoms with van der Waals surface area (Å²) in [6, 6.07) is 13.2. The molecular formula is C15H14N2O. The molecule has 0 aromatic heterocycles. The van der Waals surface area contributed by atoms with Crippen molar-refractivity contribution in [2.24, 2.45) is 0 Å². The standard InChI is InChI=1S/C15H14N2O/c1-10-7-12(17)4-5-13(10)14-8-11(9-16)3-6-15(14)18-2/h3-8H,17H2,1-2H3. The molecule has 2 aromatic rings. The zero-order valence-electron chi connectivity index (χ0n) is 10.4. The Morgan fingerprint density at radius 2 is 1.89 bits per heavy atom. The molecular weight excluding hydrogens is 224 g/mol. The first-order valence-electron chi connectivity index (χ1n) is 5.60. The molecule has 18 heavy (non-hydrogen) atoms. The lowest BCUT2D eigenvalue weighted by Crippen LogP contribution is -1.93. The van der Waals surface area contributed by atoms with E-state index in [4.69, 9.17) is 15.7 Å². The highest BCUT2D eigenvalue weighted by atomic mass is 16.5. The highest BCUT2D eigenvalue weighted by Gasteiger charge is 2.09. The minimum Gasteiger partial charge on any atom is -0.496 e. The molecule has 0 aliphatic heterocycles. The van der Waals surface area contributed by atoms with Crippen LogP contribution in [0.15, 0.2) is 36.4 Å². The monoisotopic (exact) mass is 238 g/mol. The molecule has 0 spiro atoms. The zero-order valence-corrected chi connectivity index (χ0v) is 10.4. The molecule has 0 heterocycles. The van der Waals surface area contributed by atoms with Crippen LogP contribution in [0.4, 0.5) is 5.69 Å². The molecule has 3 nitrogen and oxygen atoms in total. The smallest absolute Gasteiger partial charge is 0.126 e. The minimum atomic E-state index is 0.613. The van der Waals surface area contributed by atoms with Crippen molar-refractivity contribution >= 4 is 5.69 Å². The van der Waals surface area contributed by atoms with Crippen molar-refractivity contribution in [3.8, 4) is 22.9 Å². The molecule has 2 aromatic carbocycles. The van der Waals surface area contributed by atoms with Gasteiger partial charge >= 0.3 is 0 Å². The first kappa shape index (κ1) is 12.0. The molecule has 2 rings (SSSR count). The van der Waals surface area contributed by atoms with Crippen molar-refractivity contribution in [3.63, 3.8) is 0 Å². The number of anilines is 1. The third-order valence-corrected chi connectivity index (χ3v) is 2.87. The number of nitrogens with zero attached hydrogens (tertiary/aromatic N) is 1. The van der Waals surface area contributed by atoms with Gasteiger partial charge in [-0.05, 0) is 48.4 Å². The number of ether oxygens (including phenoxy) is 1. The second kappa shape index (κ2) is 4.80. The third kappa shape index (κ3) is 2.14. The first-order chi connectivity index (χ1) is 8.65. The van der Waals surface area contributed by atoms with Crippen molar-refractivity contribution in [2.75, 3.05) is 12.8 Å². The fraction of sp³-hybridized carbons (Fsp3) is 0.133. The molecule has 0 amide bonds. The van der Waals surface area contributed by atoms with Gasteiger partial charge in [-0.15, -0.1) is 0 Å². The summed E-state index contributed by atoms with van der Waals surface area (Å²) in [4.78, 5) is 0. The molecule has 0 bridgehead atoms. The lowest BCUT2D eigenvalue weighted by molar-refractivity contribution is 0.416. The van der Waals surface area contributed by atoms with Crippen LogP contribution in [0.5, 0.6) is 5.75 Å². The maximum atomic E-state index is 8.98. The number of hydrogen-bond donors (Lipinski definition) is 1. The number of aryl methyl sites for hydroxylation is 1. The van der Waals surface area contributed by atoms with Gasteiger partial charge < -0.3 is 10.5 Å². The number of methoxy groups -OCH3 is 1. The third-order valence-electron chi connectivity index (χ3n) is 2.87. The molecule has 0 aliphatic rings. The van der Waals surface area contributed by atoms with Crippen LogP contribution >= 0.6 is 0 Å². The average molecular weight is 238 g/mol. The van der Waals surface area contributed by atoms with Gasteiger partial charge in [0, 0.05) is 11.3 Å². The van der Waals surface area contributed by atoms with Crippen LogP contribution in [0.2, 0.25) is 0 Å². The van der Waals surface area contributed by atoms with E-state index >= 15 is 0 Å². The Balaban J connectivity index is 2.65. The fourth-order valence-corrected chi connectivity index (χ4v) is 1.98. The number of nitriles is 1. The molecule has 2 N–H and O–H groups in total. The molecule has 0 unspecified atom stereocenters. The molecule has 0 saturated heterocycles. The van der Waals surface area contributed by atoms with Gasteiger partial charge in [-0.1, -0.05) is 6.07 Å². The number of benzene rings is 2. The van der Waals surface area contributed by atoms with E-state index < -0.39 is 0 Å². The van der Waals surface area contributed by atoms with Gasteiger partial charge in [-0.25, -0.2) is 0 Å². The van der Waals surface area contributed by atoms with Crippen LogP contribution < -0.4 is 10.5 Å². The summed E-state index contributed by atoms with van der Waals surface area (Å²) in [5.41, 5.74) is 10.1. The quantitative estimate of drug-likeness (QED) is 0.818. The molecule has 0 saturated carbocycles. The van der Waals surface area contributed by atoms with Crippen molar-refractivity contribution < 1.29 is 4.74 Å². The Hall–Kier alpha value is -2.47. The van der Waals surface area contributed by atoms with Crippen LogP contribution in [-0.2, 0) is 0 Å². The van der Waals surface area contributed by atoms with Crippen molar-refractivity contribution in [3.05, 3.63) is 47.5 Å². The minimum absolute atomic E-state index is 0.613. The molecule has 0 aliphatic carbocycles. The van der Waals surface area contributed by atoms with Crippen molar-refractivity contribution in [1.82, 2.24) is 0 Å². The number of nitrogen functional groups attached to an aromatic ring is 1. The first-order valence-corrected chi connectivity index (χ1v) is 5.60. The maximum absolute atomic E-state index is 8.98. The topological polar surface area (TPSA) is 59.0 Å². The van der Waals surface area contributed by atoms with Gasteiger partial charge in [-0.3, -0.25) is 0 Å². The predicted octanol–water partition coefficient (Wildman–Crippen LogP) is 3.12. The van der Waals surface area contributed by atoms with E-state index in [9.17, 15) is 0 Å². The number of nitrogens with two attached hydrogens (primary N) is 1. The summed E-state index contributed by atoms with van der Waals surface area (Å²) in [5.74, 6) is 0.752. The van der Waals surface area contributed by atoms with Gasteiger partial charge in [-0.2, -0.15) is 5.26 Å². The summed E-state index contributed by atoms with van der Waals surface area (Å²) >= 11 is 0. The highest BCUT2D eigenvalue weighted by molar-refractivity contribution is 5.76. The Morgan fingerprint density at radius 3 is 2.50 bits per heavy atom. The summed E-state index contributed by atoms with van der Waals surface area (Å²) in [6.07, 6.45) is 0. The largest absolute Gasteiger partial charge is 0.496 e. The van der Waals surface area contributed by atoms with Crippen LogP contribution in [0, 0.1) is 18.3 Å². The Bertz CT molecular complexity index is 627.